The van der Waals surface area contributed by atoms with Gasteiger partial charge < -0.3 is 10.6 Å². The maximum absolute atomic E-state index is 12.7. The third-order valence-corrected chi connectivity index (χ3v) is 4.96. The molecular formula is C15H20Br2N2O. The lowest BCUT2D eigenvalue weighted by Crippen LogP contribution is -2.49. The molecular weight excluding hydrogens is 384 g/mol. The largest absolute Gasteiger partial charge is 0.334 e. The Morgan fingerprint density at radius 1 is 1.35 bits per heavy atom. The van der Waals surface area contributed by atoms with Crippen molar-refractivity contribution in [3.8, 4) is 0 Å². The molecule has 0 radical (unpaired) electrons. The second kappa shape index (κ2) is 7.05. The molecule has 2 atom stereocenters. The zero-order valence-corrected chi connectivity index (χ0v) is 14.8. The Morgan fingerprint density at radius 2 is 2.00 bits per heavy atom. The summed E-state index contributed by atoms with van der Waals surface area (Å²) >= 11 is 6.87. The molecule has 0 aromatic heterocycles. The average Bonchev–Trinajstić information content (AvgIpc) is 2.44. The first-order chi connectivity index (χ1) is 9.55. The summed E-state index contributed by atoms with van der Waals surface area (Å²) in [5.74, 6) is 0.777. The van der Waals surface area contributed by atoms with Crippen LogP contribution in [0, 0.1) is 5.92 Å². The van der Waals surface area contributed by atoms with E-state index in [0.717, 1.165) is 28.3 Å². The normalized spacial score (nSPS) is 22.9. The van der Waals surface area contributed by atoms with E-state index in [2.05, 4.69) is 38.8 Å². The molecule has 2 N–H and O–H groups in total. The van der Waals surface area contributed by atoms with Gasteiger partial charge in [0.05, 0.1) is 0 Å². The van der Waals surface area contributed by atoms with Crippen LogP contribution in [0.15, 0.2) is 27.1 Å². The van der Waals surface area contributed by atoms with Crippen molar-refractivity contribution in [2.75, 3.05) is 13.1 Å². The van der Waals surface area contributed by atoms with E-state index in [9.17, 15) is 4.79 Å². The number of halogens is 2. The van der Waals surface area contributed by atoms with Crippen molar-refractivity contribution in [2.45, 2.75) is 32.2 Å². The molecule has 1 aromatic carbocycles. The fourth-order valence-corrected chi connectivity index (χ4v) is 4.13. The van der Waals surface area contributed by atoms with Crippen LogP contribution < -0.4 is 5.73 Å². The SMILES string of the molecule is CCC1CCN(C(=O)c2cc(Br)cc(Br)c2)C(CN)C1. The van der Waals surface area contributed by atoms with E-state index >= 15 is 0 Å². The first kappa shape index (κ1) is 16.0. The summed E-state index contributed by atoms with van der Waals surface area (Å²) in [5, 5.41) is 0. The fraction of sp³-hybridized carbons (Fsp3) is 0.533. The van der Waals surface area contributed by atoms with Gasteiger partial charge in [-0.25, -0.2) is 0 Å². The van der Waals surface area contributed by atoms with Crippen molar-refractivity contribution in [3.05, 3.63) is 32.7 Å². The fourth-order valence-electron chi connectivity index (χ4n) is 2.84. The van der Waals surface area contributed by atoms with Crippen molar-refractivity contribution >= 4 is 37.8 Å². The van der Waals surface area contributed by atoms with E-state index in [0.29, 0.717) is 18.0 Å². The van der Waals surface area contributed by atoms with Gasteiger partial charge in [0.1, 0.15) is 0 Å². The van der Waals surface area contributed by atoms with Gasteiger partial charge in [-0.3, -0.25) is 4.79 Å². The predicted molar refractivity (Wildman–Crippen MR) is 88.7 cm³/mol. The maximum atomic E-state index is 12.7. The number of likely N-dealkylation sites (tertiary alicyclic amines) is 1. The van der Waals surface area contributed by atoms with Gasteiger partial charge in [0.15, 0.2) is 0 Å². The molecule has 2 unspecified atom stereocenters. The summed E-state index contributed by atoms with van der Waals surface area (Å²) < 4.78 is 1.81. The lowest BCUT2D eigenvalue weighted by Gasteiger charge is -2.39. The monoisotopic (exact) mass is 402 g/mol. The molecule has 1 aliphatic rings. The Balaban J connectivity index is 2.19. The number of nitrogens with two attached hydrogens (primary N) is 1. The molecule has 0 bridgehead atoms. The number of amides is 1. The van der Waals surface area contributed by atoms with Crippen molar-refractivity contribution in [2.24, 2.45) is 11.7 Å². The molecule has 20 heavy (non-hydrogen) atoms. The molecule has 0 aliphatic carbocycles. The Hall–Kier alpha value is -0.390. The van der Waals surface area contributed by atoms with Crippen molar-refractivity contribution in [3.63, 3.8) is 0 Å². The first-order valence-corrected chi connectivity index (χ1v) is 8.60. The van der Waals surface area contributed by atoms with E-state index < -0.39 is 0 Å². The summed E-state index contributed by atoms with van der Waals surface area (Å²) in [7, 11) is 0. The zero-order chi connectivity index (χ0) is 14.7. The van der Waals surface area contributed by atoms with Gasteiger partial charge in [-0.2, -0.15) is 0 Å². The molecule has 1 saturated heterocycles. The summed E-state index contributed by atoms with van der Waals surface area (Å²) in [6.45, 7) is 3.56. The highest BCUT2D eigenvalue weighted by Gasteiger charge is 2.30. The second-order valence-corrected chi connectivity index (χ2v) is 7.18. The molecule has 1 fully saturated rings. The van der Waals surface area contributed by atoms with Crippen LogP contribution in [-0.4, -0.2) is 29.9 Å². The molecule has 5 heteroatoms. The van der Waals surface area contributed by atoms with E-state index in [4.69, 9.17) is 5.73 Å². The molecule has 2 rings (SSSR count). The first-order valence-electron chi connectivity index (χ1n) is 7.02. The number of hydrogen-bond acceptors (Lipinski definition) is 2. The van der Waals surface area contributed by atoms with Crippen LogP contribution in [0.1, 0.15) is 36.5 Å². The van der Waals surface area contributed by atoms with Gasteiger partial charge in [-0.1, -0.05) is 45.2 Å². The van der Waals surface area contributed by atoms with Gasteiger partial charge in [-0.05, 0) is 37.0 Å². The molecule has 1 heterocycles. The molecule has 1 aromatic rings. The molecule has 1 amide bonds. The van der Waals surface area contributed by atoms with Gasteiger partial charge in [0.2, 0.25) is 0 Å². The quantitative estimate of drug-likeness (QED) is 0.834. The summed E-state index contributed by atoms with van der Waals surface area (Å²) in [4.78, 5) is 14.6. The highest BCUT2D eigenvalue weighted by atomic mass is 79.9. The van der Waals surface area contributed by atoms with Crippen LogP contribution in [0.3, 0.4) is 0 Å². The van der Waals surface area contributed by atoms with Crippen LogP contribution in [0.2, 0.25) is 0 Å². The zero-order valence-electron chi connectivity index (χ0n) is 11.6. The van der Waals surface area contributed by atoms with Crippen LogP contribution in [-0.2, 0) is 0 Å². The predicted octanol–water partition coefficient (Wildman–Crippen LogP) is 3.80. The minimum atomic E-state index is 0.0806. The third-order valence-electron chi connectivity index (χ3n) is 4.04. The number of benzene rings is 1. The van der Waals surface area contributed by atoms with E-state index in [-0.39, 0.29) is 11.9 Å². The average molecular weight is 404 g/mol. The topological polar surface area (TPSA) is 46.3 Å². The van der Waals surface area contributed by atoms with Gasteiger partial charge in [-0.15, -0.1) is 0 Å². The summed E-state index contributed by atoms with van der Waals surface area (Å²) in [6.07, 6.45) is 3.27. The van der Waals surface area contributed by atoms with Crippen molar-refractivity contribution < 1.29 is 4.79 Å². The van der Waals surface area contributed by atoms with Crippen LogP contribution in [0.4, 0.5) is 0 Å². The van der Waals surface area contributed by atoms with Gasteiger partial charge >= 0.3 is 0 Å². The van der Waals surface area contributed by atoms with Gasteiger partial charge in [0.25, 0.3) is 5.91 Å². The minimum Gasteiger partial charge on any atom is -0.334 e. The number of nitrogens with zero attached hydrogens (tertiary/aromatic N) is 1. The minimum absolute atomic E-state index is 0.0806. The van der Waals surface area contributed by atoms with Crippen molar-refractivity contribution in [1.29, 1.82) is 0 Å². The molecule has 1 aliphatic heterocycles. The molecule has 0 saturated carbocycles. The van der Waals surface area contributed by atoms with Crippen LogP contribution in [0.25, 0.3) is 0 Å². The third kappa shape index (κ3) is 3.62. The number of hydrogen-bond donors (Lipinski definition) is 1. The second-order valence-electron chi connectivity index (χ2n) is 5.34. The molecule has 0 spiro atoms. The Bertz CT molecular complexity index is 473. The number of rotatable bonds is 3. The number of carbonyl (C=O) groups excluding carboxylic acids is 1. The Labute approximate surface area is 137 Å². The van der Waals surface area contributed by atoms with Gasteiger partial charge in [0, 0.05) is 33.6 Å². The number of piperidine rings is 1. The lowest BCUT2D eigenvalue weighted by atomic mass is 9.88. The van der Waals surface area contributed by atoms with E-state index in [1.807, 2.05) is 23.1 Å². The van der Waals surface area contributed by atoms with Crippen molar-refractivity contribution in [1.82, 2.24) is 4.90 Å². The van der Waals surface area contributed by atoms with Crippen LogP contribution in [0.5, 0.6) is 0 Å². The highest BCUT2D eigenvalue weighted by Crippen LogP contribution is 2.28. The maximum Gasteiger partial charge on any atom is 0.254 e. The smallest absolute Gasteiger partial charge is 0.254 e. The van der Waals surface area contributed by atoms with E-state index in [1.54, 1.807) is 0 Å². The Morgan fingerprint density at radius 3 is 2.55 bits per heavy atom. The highest BCUT2D eigenvalue weighted by molar-refractivity contribution is 9.11. The standard InChI is InChI=1S/C15H20Br2N2O/c1-2-10-3-4-19(14(5-10)9-18)15(20)11-6-12(16)8-13(17)7-11/h6-8,10,14H,2-5,9,18H2,1H3. The Kier molecular flexibility index (Phi) is 5.64. The van der Waals surface area contributed by atoms with Crippen LogP contribution >= 0.6 is 31.9 Å². The molecule has 3 nitrogen and oxygen atoms in total. The van der Waals surface area contributed by atoms with E-state index in [1.165, 1.54) is 6.42 Å². The summed E-state index contributed by atoms with van der Waals surface area (Å²) in [5.41, 5.74) is 6.58. The molecule has 110 valence electrons. The lowest BCUT2D eigenvalue weighted by molar-refractivity contribution is 0.0558. The summed E-state index contributed by atoms with van der Waals surface area (Å²) in [6, 6.07) is 5.83. The number of carbonyl (C=O) groups is 1.